The molecule has 0 unspecified atom stereocenters. The summed E-state index contributed by atoms with van der Waals surface area (Å²) in [5.41, 5.74) is 3.62. The molecule has 1 amide bonds. The number of aryl methyl sites for hydroxylation is 1. The summed E-state index contributed by atoms with van der Waals surface area (Å²) >= 11 is 1.81. The summed E-state index contributed by atoms with van der Waals surface area (Å²) in [6.45, 7) is 4.46. The lowest BCUT2D eigenvalue weighted by Crippen LogP contribution is -2.34. The highest BCUT2D eigenvalue weighted by Crippen LogP contribution is 2.26. The number of aromatic nitrogens is 2. The molecule has 2 aliphatic rings. The van der Waals surface area contributed by atoms with Crippen LogP contribution in [0.15, 0.2) is 35.2 Å². The van der Waals surface area contributed by atoms with Gasteiger partial charge < -0.3 is 5.32 Å². The molecule has 1 saturated carbocycles. The number of nitrogens with zero attached hydrogens (tertiary/aromatic N) is 3. The average molecular weight is 385 g/mol. The van der Waals surface area contributed by atoms with Gasteiger partial charge in [-0.15, -0.1) is 11.8 Å². The molecule has 0 saturated heterocycles. The number of carbonyl (C=O) groups is 1. The molecule has 1 aliphatic carbocycles. The summed E-state index contributed by atoms with van der Waals surface area (Å²) in [7, 11) is 0. The van der Waals surface area contributed by atoms with Crippen molar-refractivity contribution in [3.05, 3.63) is 47.3 Å². The van der Waals surface area contributed by atoms with Crippen LogP contribution in [0.5, 0.6) is 0 Å². The summed E-state index contributed by atoms with van der Waals surface area (Å²) in [4.78, 5) is 15.9. The molecule has 1 aromatic carbocycles. The van der Waals surface area contributed by atoms with Crippen LogP contribution in [0.25, 0.3) is 0 Å². The number of fused-ring (bicyclic) bond motifs is 1. The van der Waals surface area contributed by atoms with Crippen LogP contribution in [0.2, 0.25) is 0 Å². The van der Waals surface area contributed by atoms with Crippen LogP contribution in [0.4, 0.5) is 0 Å². The van der Waals surface area contributed by atoms with Gasteiger partial charge >= 0.3 is 0 Å². The summed E-state index contributed by atoms with van der Waals surface area (Å²) in [6, 6.07) is 10.8. The zero-order valence-electron chi connectivity index (χ0n) is 16.0. The average Bonchev–Trinajstić information content (AvgIpc) is 2.91. The highest BCUT2D eigenvalue weighted by atomic mass is 32.2. The maximum Gasteiger partial charge on any atom is 0.223 e. The smallest absolute Gasteiger partial charge is 0.223 e. The fraction of sp³-hybridized carbons (Fsp3) is 0.524. The van der Waals surface area contributed by atoms with Gasteiger partial charge in [-0.1, -0.05) is 24.6 Å². The molecule has 2 heterocycles. The van der Waals surface area contributed by atoms with Crippen molar-refractivity contribution >= 4 is 17.7 Å². The first-order chi connectivity index (χ1) is 13.2. The summed E-state index contributed by atoms with van der Waals surface area (Å²) in [5.74, 6) is 0.428. The van der Waals surface area contributed by atoms with Gasteiger partial charge in [-0.3, -0.25) is 14.4 Å². The predicted octanol–water partition coefficient (Wildman–Crippen LogP) is 3.43. The zero-order chi connectivity index (χ0) is 18.6. The minimum absolute atomic E-state index is 0.194. The van der Waals surface area contributed by atoms with Crippen molar-refractivity contribution < 1.29 is 4.79 Å². The Morgan fingerprint density at radius 1 is 1.26 bits per heavy atom. The lowest BCUT2D eigenvalue weighted by atomic mass is 9.85. The van der Waals surface area contributed by atoms with Gasteiger partial charge in [-0.25, -0.2) is 0 Å². The van der Waals surface area contributed by atoms with Crippen molar-refractivity contribution in [2.24, 2.45) is 5.92 Å². The van der Waals surface area contributed by atoms with E-state index >= 15 is 0 Å². The Morgan fingerprint density at radius 3 is 2.89 bits per heavy atom. The quantitative estimate of drug-likeness (QED) is 0.776. The van der Waals surface area contributed by atoms with E-state index in [0.29, 0.717) is 6.54 Å². The fourth-order valence-electron chi connectivity index (χ4n) is 3.88. The predicted molar refractivity (Wildman–Crippen MR) is 108 cm³/mol. The first-order valence-electron chi connectivity index (χ1n) is 9.90. The Labute approximate surface area is 165 Å². The zero-order valence-corrected chi connectivity index (χ0v) is 16.8. The van der Waals surface area contributed by atoms with Crippen LogP contribution >= 0.6 is 11.8 Å². The van der Waals surface area contributed by atoms with E-state index in [1.165, 1.54) is 22.6 Å². The van der Waals surface area contributed by atoms with Crippen molar-refractivity contribution in [1.29, 1.82) is 0 Å². The van der Waals surface area contributed by atoms with E-state index in [1.54, 1.807) is 0 Å². The SMILES string of the molecule is CSc1ccccc1CN1CCCn2nc(CNC(=O)C3CCC3)cc2C1. The topological polar surface area (TPSA) is 50.2 Å². The number of rotatable bonds is 6. The highest BCUT2D eigenvalue weighted by Gasteiger charge is 2.25. The molecule has 2 aromatic rings. The van der Waals surface area contributed by atoms with Gasteiger partial charge in [0.25, 0.3) is 0 Å². The Hall–Kier alpha value is -1.79. The van der Waals surface area contributed by atoms with Gasteiger partial charge in [-0.05, 0) is 43.2 Å². The number of hydrogen-bond acceptors (Lipinski definition) is 4. The van der Waals surface area contributed by atoms with E-state index in [1.807, 2.05) is 11.8 Å². The number of benzene rings is 1. The van der Waals surface area contributed by atoms with Crippen LogP contribution in [0, 0.1) is 5.92 Å². The van der Waals surface area contributed by atoms with Crippen LogP contribution in [0.1, 0.15) is 42.6 Å². The third kappa shape index (κ3) is 4.38. The molecule has 27 heavy (non-hydrogen) atoms. The molecule has 4 rings (SSSR count). The second-order valence-electron chi connectivity index (χ2n) is 7.57. The lowest BCUT2D eigenvalue weighted by Gasteiger charge is -2.23. The molecule has 0 bridgehead atoms. The van der Waals surface area contributed by atoms with E-state index in [2.05, 4.69) is 51.5 Å². The summed E-state index contributed by atoms with van der Waals surface area (Å²) < 4.78 is 2.13. The molecule has 0 radical (unpaired) electrons. The molecule has 0 spiro atoms. The van der Waals surface area contributed by atoms with E-state index in [0.717, 1.165) is 51.1 Å². The fourth-order valence-corrected chi connectivity index (χ4v) is 4.49. The Bertz CT molecular complexity index is 799. The standard InChI is InChI=1S/C21H28N4OS/c1-27-20-9-3-2-6-17(20)14-24-10-5-11-25-19(15-24)12-18(23-25)13-22-21(26)16-7-4-8-16/h2-3,6,9,12,16H,4-5,7-8,10-11,13-15H2,1H3,(H,22,26). The second kappa shape index (κ2) is 8.48. The van der Waals surface area contributed by atoms with Gasteiger partial charge in [-0.2, -0.15) is 5.10 Å². The summed E-state index contributed by atoms with van der Waals surface area (Å²) in [6.07, 6.45) is 6.51. The number of carbonyl (C=O) groups excluding carboxylic acids is 1. The first kappa shape index (κ1) is 18.6. The molecule has 144 valence electrons. The van der Waals surface area contributed by atoms with E-state index in [-0.39, 0.29) is 11.8 Å². The molecule has 1 fully saturated rings. The van der Waals surface area contributed by atoms with Crippen LogP contribution in [-0.2, 0) is 31.0 Å². The molecular formula is C21H28N4OS. The molecule has 1 N–H and O–H groups in total. The normalized spacial score (nSPS) is 17.8. The van der Waals surface area contributed by atoms with Gasteiger partial charge in [0.2, 0.25) is 5.91 Å². The number of nitrogens with one attached hydrogen (secondary N) is 1. The van der Waals surface area contributed by atoms with Gasteiger partial charge in [0, 0.05) is 37.0 Å². The maximum absolute atomic E-state index is 12.1. The third-order valence-electron chi connectivity index (χ3n) is 5.65. The molecule has 0 atom stereocenters. The van der Waals surface area contributed by atoms with Crippen LogP contribution in [0.3, 0.4) is 0 Å². The minimum atomic E-state index is 0.194. The first-order valence-corrected chi connectivity index (χ1v) is 11.1. The molecule has 1 aromatic heterocycles. The number of hydrogen-bond donors (Lipinski definition) is 1. The van der Waals surface area contributed by atoms with E-state index in [4.69, 9.17) is 5.10 Å². The Kier molecular flexibility index (Phi) is 5.83. The largest absolute Gasteiger partial charge is 0.350 e. The second-order valence-corrected chi connectivity index (χ2v) is 8.42. The van der Waals surface area contributed by atoms with Crippen molar-refractivity contribution in [1.82, 2.24) is 20.0 Å². The highest BCUT2D eigenvalue weighted by molar-refractivity contribution is 7.98. The maximum atomic E-state index is 12.1. The number of thioether (sulfide) groups is 1. The Balaban J connectivity index is 1.39. The minimum Gasteiger partial charge on any atom is -0.350 e. The van der Waals surface area contributed by atoms with Crippen molar-refractivity contribution in [3.8, 4) is 0 Å². The van der Waals surface area contributed by atoms with Crippen molar-refractivity contribution in [3.63, 3.8) is 0 Å². The molecular weight excluding hydrogens is 356 g/mol. The van der Waals surface area contributed by atoms with Crippen molar-refractivity contribution in [2.45, 2.75) is 56.8 Å². The van der Waals surface area contributed by atoms with E-state index in [9.17, 15) is 4.79 Å². The number of amides is 1. The van der Waals surface area contributed by atoms with Crippen LogP contribution in [-0.4, -0.2) is 33.4 Å². The van der Waals surface area contributed by atoms with Crippen LogP contribution < -0.4 is 5.32 Å². The van der Waals surface area contributed by atoms with Gasteiger partial charge in [0.15, 0.2) is 0 Å². The van der Waals surface area contributed by atoms with Crippen molar-refractivity contribution in [2.75, 3.05) is 12.8 Å². The van der Waals surface area contributed by atoms with Gasteiger partial charge in [0.05, 0.1) is 17.9 Å². The third-order valence-corrected chi connectivity index (χ3v) is 6.49. The molecule has 5 nitrogen and oxygen atoms in total. The lowest BCUT2D eigenvalue weighted by molar-refractivity contribution is -0.127. The monoisotopic (exact) mass is 384 g/mol. The molecule has 1 aliphatic heterocycles. The van der Waals surface area contributed by atoms with E-state index < -0.39 is 0 Å². The van der Waals surface area contributed by atoms with Gasteiger partial charge in [0.1, 0.15) is 0 Å². The Morgan fingerprint density at radius 2 is 2.11 bits per heavy atom. The summed E-state index contributed by atoms with van der Waals surface area (Å²) in [5, 5.41) is 7.79. The molecule has 6 heteroatoms.